The number of hydrogen-bond acceptors (Lipinski definition) is 6. The van der Waals surface area contributed by atoms with E-state index in [2.05, 4.69) is 20.0 Å². The number of amides is 1. The maximum atomic E-state index is 12.4. The average molecular weight is 464 g/mol. The van der Waals surface area contributed by atoms with Crippen molar-refractivity contribution in [3.8, 4) is 0 Å². The molecule has 4 N–H and O–H groups in total. The van der Waals surface area contributed by atoms with Crippen molar-refractivity contribution in [2.45, 2.75) is 44.4 Å². The molecular weight excluding hydrogens is 435 g/mol. The molecule has 0 bridgehead atoms. The highest BCUT2D eigenvalue weighted by atomic mass is 19.4. The molecule has 1 aliphatic carbocycles. The molecule has 1 amide bonds. The Balaban J connectivity index is 2.05. The molecule has 0 spiro atoms. The molecule has 1 aliphatic rings. The summed E-state index contributed by atoms with van der Waals surface area (Å²) in [4.78, 5) is 29.7. The fraction of sp³-hybridized carbons (Fsp3) is 0.409. The highest BCUT2D eigenvalue weighted by Gasteiger charge is 2.31. The van der Waals surface area contributed by atoms with E-state index in [0.717, 1.165) is 24.5 Å². The Hall–Kier alpha value is -3.50. The van der Waals surface area contributed by atoms with Crippen LogP contribution in [0.25, 0.3) is 0 Å². The van der Waals surface area contributed by atoms with E-state index in [0.29, 0.717) is 30.3 Å². The van der Waals surface area contributed by atoms with E-state index in [9.17, 15) is 18.0 Å². The van der Waals surface area contributed by atoms with Gasteiger partial charge in [0.05, 0.1) is 38.0 Å². The van der Waals surface area contributed by atoms with Crippen molar-refractivity contribution >= 4 is 24.2 Å². The largest absolute Gasteiger partial charge is 0.392 e. The minimum atomic E-state index is -4.26. The monoisotopic (exact) mass is 463 g/mol. The molecule has 1 fully saturated rings. The van der Waals surface area contributed by atoms with Gasteiger partial charge in [0.1, 0.15) is 5.82 Å². The number of pyridine rings is 1. The number of carbonyl (C=O) groups is 1. The summed E-state index contributed by atoms with van der Waals surface area (Å²) in [7, 11) is 1.54. The highest BCUT2D eigenvalue weighted by molar-refractivity contribution is 5.96. The molecule has 0 atom stereocenters. The fourth-order valence-corrected chi connectivity index (χ4v) is 2.88. The molecule has 8 nitrogen and oxygen atoms in total. The van der Waals surface area contributed by atoms with E-state index >= 15 is 0 Å². The lowest BCUT2D eigenvalue weighted by Crippen LogP contribution is -2.30. The first-order chi connectivity index (χ1) is 15.7. The van der Waals surface area contributed by atoms with Gasteiger partial charge in [-0.25, -0.2) is 4.99 Å². The lowest BCUT2D eigenvalue weighted by atomic mass is 10.2. The number of aromatic nitrogens is 1. The van der Waals surface area contributed by atoms with Crippen LogP contribution in [-0.4, -0.2) is 59.9 Å². The molecule has 0 aliphatic heterocycles. The van der Waals surface area contributed by atoms with Crippen molar-refractivity contribution in [2.24, 2.45) is 26.4 Å². The minimum absolute atomic E-state index is 0.0815. The molecule has 178 valence electrons. The summed E-state index contributed by atoms with van der Waals surface area (Å²) in [6.07, 6.45) is 5.24. The van der Waals surface area contributed by atoms with E-state index in [4.69, 9.17) is 11.5 Å². The Kier molecular flexibility index (Phi) is 9.77. The summed E-state index contributed by atoms with van der Waals surface area (Å²) in [6.45, 7) is 0.670. The van der Waals surface area contributed by atoms with Gasteiger partial charge < -0.3 is 16.4 Å². The van der Waals surface area contributed by atoms with Crippen molar-refractivity contribution in [2.75, 3.05) is 13.6 Å². The molecule has 1 saturated carbocycles. The SMILES string of the molecule is CN=C(/C=C\CC(F)(F)F)CN(C(=CC=NCc1ccc(CC(N)=O)nc1)N=CN)C1CC1. The molecule has 0 unspecified atom stereocenters. The van der Waals surface area contributed by atoms with E-state index in [1.807, 2.05) is 11.0 Å². The van der Waals surface area contributed by atoms with Crippen LogP contribution in [-0.2, 0) is 17.8 Å². The molecule has 1 aromatic rings. The van der Waals surface area contributed by atoms with Crippen LogP contribution in [0.5, 0.6) is 0 Å². The number of nitrogens with two attached hydrogens (primary N) is 2. The predicted octanol–water partition coefficient (Wildman–Crippen LogP) is 2.55. The van der Waals surface area contributed by atoms with Crippen LogP contribution < -0.4 is 11.5 Å². The van der Waals surface area contributed by atoms with Gasteiger partial charge >= 0.3 is 6.18 Å². The zero-order valence-corrected chi connectivity index (χ0v) is 18.4. The van der Waals surface area contributed by atoms with Crippen LogP contribution in [0.4, 0.5) is 13.2 Å². The summed E-state index contributed by atoms with van der Waals surface area (Å²) in [5.74, 6) is 0.0998. The first kappa shape index (κ1) is 25.8. The number of nitrogens with zero attached hydrogens (tertiary/aromatic N) is 5. The van der Waals surface area contributed by atoms with Crippen LogP contribution in [0.2, 0.25) is 0 Å². The predicted molar refractivity (Wildman–Crippen MR) is 123 cm³/mol. The fourth-order valence-electron chi connectivity index (χ4n) is 2.88. The number of primary amides is 1. The van der Waals surface area contributed by atoms with Gasteiger partial charge in [0.2, 0.25) is 5.91 Å². The smallest absolute Gasteiger partial charge is 0.390 e. The van der Waals surface area contributed by atoms with Gasteiger partial charge in [0.25, 0.3) is 0 Å². The normalized spacial score (nSPS) is 15.8. The Morgan fingerprint density at radius 2 is 2.09 bits per heavy atom. The first-order valence-electron chi connectivity index (χ1n) is 10.3. The molecule has 0 aromatic carbocycles. The average Bonchev–Trinajstić information content (AvgIpc) is 3.58. The molecule has 33 heavy (non-hydrogen) atoms. The summed E-state index contributed by atoms with van der Waals surface area (Å²) >= 11 is 0. The lowest BCUT2D eigenvalue weighted by molar-refractivity contribution is -0.125. The number of aliphatic imine (C=N–C) groups is 3. The number of carbonyl (C=O) groups excluding carboxylic acids is 1. The number of hydrogen-bond donors (Lipinski definition) is 2. The van der Waals surface area contributed by atoms with E-state index in [1.54, 1.807) is 24.6 Å². The van der Waals surface area contributed by atoms with Gasteiger partial charge in [0.15, 0.2) is 0 Å². The molecule has 2 rings (SSSR count). The summed E-state index contributed by atoms with van der Waals surface area (Å²) in [6, 6.07) is 3.75. The van der Waals surface area contributed by atoms with Crippen molar-refractivity contribution in [1.82, 2.24) is 9.88 Å². The Bertz CT molecular complexity index is 930. The van der Waals surface area contributed by atoms with Gasteiger partial charge in [-0.2, -0.15) is 13.2 Å². The van der Waals surface area contributed by atoms with Crippen LogP contribution in [0.3, 0.4) is 0 Å². The number of alkyl halides is 3. The molecule has 1 aromatic heterocycles. The molecule has 11 heteroatoms. The summed E-state index contributed by atoms with van der Waals surface area (Å²) < 4.78 is 37.3. The van der Waals surface area contributed by atoms with Crippen molar-refractivity contribution in [1.29, 1.82) is 0 Å². The van der Waals surface area contributed by atoms with Gasteiger partial charge in [0, 0.05) is 31.2 Å². The van der Waals surface area contributed by atoms with E-state index in [-0.39, 0.29) is 12.5 Å². The van der Waals surface area contributed by atoms with E-state index in [1.165, 1.54) is 19.5 Å². The van der Waals surface area contributed by atoms with Crippen LogP contribution in [0.15, 0.2) is 57.4 Å². The second kappa shape index (κ2) is 12.5. The van der Waals surface area contributed by atoms with Gasteiger partial charge in [-0.3, -0.25) is 19.8 Å². The minimum Gasteiger partial charge on any atom is -0.390 e. The van der Waals surface area contributed by atoms with Crippen LogP contribution in [0.1, 0.15) is 30.5 Å². The second-order valence-corrected chi connectivity index (χ2v) is 7.39. The van der Waals surface area contributed by atoms with Gasteiger partial charge in [-0.05, 0) is 36.6 Å². The third kappa shape index (κ3) is 10.1. The van der Waals surface area contributed by atoms with Crippen LogP contribution in [0, 0.1) is 0 Å². The topological polar surface area (TPSA) is 122 Å². The third-order valence-electron chi connectivity index (χ3n) is 4.61. The van der Waals surface area contributed by atoms with Crippen LogP contribution >= 0.6 is 0 Å². The Labute approximate surface area is 190 Å². The van der Waals surface area contributed by atoms with Gasteiger partial charge in [-0.1, -0.05) is 12.1 Å². The second-order valence-electron chi connectivity index (χ2n) is 7.39. The third-order valence-corrected chi connectivity index (χ3v) is 4.61. The quantitative estimate of drug-likeness (QED) is 0.365. The standard InChI is InChI=1S/C22H28F3N7O/c1-28-18(3-2-9-22(23,24)25)14-32(19-6-7-19)21(31-15-26)8-10-29-12-16-4-5-17(30-13-16)11-20(27)33/h2-5,8,10,13,15,19H,6-7,9,11-12,14H2,1H3,(H2,26,31)(H2,27,33)/b3-2-,21-8?,28-18?,29-10?. The van der Waals surface area contributed by atoms with Crippen molar-refractivity contribution in [3.63, 3.8) is 0 Å². The number of halogens is 3. The highest BCUT2D eigenvalue weighted by Crippen LogP contribution is 2.30. The zero-order chi connectivity index (χ0) is 24.3. The van der Waals surface area contributed by atoms with Crippen molar-refractivity contribution < 1.29 is 18.0 Å². The molecule has 0 radical (unpaired) electrons. The van der Waals surface area contributed by atoms with E-state index < -0.39 is 18.5 Å². The molecular formula is C22H28F3N7O. The molecule has 1 heterocycles. The summed E-state index contributed by atoms with van der Waals surface area (Å²) in [5, 5.41) is 0. The number of allylic oxidation sites excluding steroid dienone is 2. The maximum absolute atomic E-state index is 12.4. The Morgan fingerprint density at radius 1 is 1.33 bits per heavy atom. The van der Waals surface area contributed by atoms with Gasteiger partial charge in [-0.15, -0.1) is 0 Å². The maximum Gasteiger partial charge on any atom is 0.392 e. The first-order valence-corrected chi connectivity index (χ1v) is 10.3. The Morgan fingerprint density at radius 3 is 2.64 bits per heavy atom. The number of rotatable bonds is 12. The lowest BCUT2D eigenvalue weighted by Gasteiger charge is -2.24. The summed E-state index contributed by atoms with van der Waals surface area (Å²) in [5.41, 5.74) is 12.6. The zero-order valence-electron chi connectivity index (χ0n) is 18.4. The molecule has 0 saturated heterocycles. The van der Waals surface area contributed by atoms with Crippen molar-refractivity contribution in [3.05, 3.63) is 53.6 Å².